The van der Waals surface area contributed by atoms with Crippen molar-refractivity contribution in [2.75, 3.05) is 25.8 Å². The van der Waals surface area contributed by atoms with Gasteiger partial charge >= 0.3 is 0 Å². The Balaban J connectivity index is 2.02. The highest BCUT2D eigenvalue weighted by atomic mass is 32.2. The van der Waals surface area contributed by atoms with Gasteiger partial charge < -0.3 is 14.8 Å². The van der Waals surface area contributed by atoms with Crippen LogP contribution in [0.1, 0.15) is 5.56 Å². The summed E-state index contributed by atoms with van der Waals surface area (Å²) in [5.74, 6) is -0.629. The highest BCUT2D eigenvalue weighted by Gasteiger charge is 2.15. The van der Waals surface area contributed by atoms with Gasteiger partial charge in [0.1, 0.15) is 23.0 Å². The van der Waals surface area contributed by atoms with Crippen LogP contribution in [0.25, 0.3) is 11.3 Å². The minimum Gasteiger partial charge on any atom is -0.497 e. The van der Waals surface area contributed by atoms with E-state index in [1.165, 1.54) is 38.0 Å². The van der Waals surface area contributed by atoms with Crippen LogP contribution in [0.15, 0.2) is 42.6 Å². The number of ether oxygens (including phenoxy) is 2. The fourth-order valence-corrected chi connectivity index (χ4v) is 3.76. The predicted molar refractivity (Wildman–Crippen MR) is 118 cm³/mol. The van der Waals surface area contributed by atoms with Crippen LogP contribution in [0.2, 0.25) is 0 Å². The summed E-state index contributed by atoms with van der Waals surface area (Å²) in [5.41, 5.74) is 1.14. The van der Waals surface area contributed by atoms with Crippen LogP contribution >= 0.6 is 0 Å². The number of methoxy groups -OCH3 is 2. The average molecular weight is 459 g/mol. The minimum atomic E-state index is -2.75. The van der Waals surface area contributed by atoms with E-state index in [4.69, 9.17) is 14.7 Å². The molecule has 11 heteroatoms. The normalized spacial score (nSPS) is 12.2. The molecule has 0 radical (unpaired) electrons. The van der Waals surface area contributed by atoms with Gasteiger partial charge in [0.05, 0.1) is 30.1 Å². The second kappa shape index (κ2) is 9.49. The molecule has 2 N–H and O–H groups in total. The van der Waals surface area contributed by atoms with E-state index in [0.29, 0.717) is 17.0 Å². The molecule has 3 aromatic rings. The van der Waals surface area contributed by atoms with E-state index >= 15 is 0 Å². The fraction of sp³-hybridized carbons (Fsp3) is 0.143. The predicted octanol–water partition coefficient (Wildman–Crippen LogP) is 3.23. The van der Waals surface area contributed by atoms with Gasteiger partial charge in [0, 0.05) is 35.0 Å². The zero-order valence-electron chi connectivity index (χ0n) is 17.3. The van der Waals surface area contributed by atoms with Gasteiger partial charge in [-0.3, -0.25) is 0 Å². The van der Waals surface area contributed by atoms with Crippen LogP contribution in [0.5, 0.6) is 11.5 Å². The van der Waals surface area contributed by atoms with Gasteiger partial charge in [-0.25, -0.2) is 27.7 Å². The molecule has 0 saturated carbocycles. The first-order valence-electron chi connectivity index (χ1n) is 9.07. The lowest BCUT2D eigenvalue weighted by Crippen LogP contribution is -2.18. The molecule has 0 spiro atoms. The van der Waals surface area contributed by atoms with Gasteiger partial charge in [0.15, 0.2) is 12.0 Å². The molecule has 8 nitrogen and oxygen atoms in total. The highest BCUT2D eigenvalue weighted by molar-refractivity contribution is 7.99. The van der Waals surface area contributed by atoms with E-state index in [1.54, 1.807) is 24.4 Å². The molecular weight excluding hydrogens is 440 g/mol. The van der Waals surface area contributed by atoms with Crippen LogP contribution in [-0.2, 0) is 9.71 Å². The Kier molecular flexibility index (Phi) is 6.75. The molecule has 1 aromatic heterocycles. The summed E-state index contributed by atoms with van der Waals surface area (Å²) in [4.78, 5) is 8.15. The molecule has 2 aromatic carbocycles. The Morgan fingerprint density at radius 1 is 1.16 bits per heavy atom. The lowest BCUT2D eigenvalue weighted by Gasteiger charge is -2.12. The van der Waals surface area contributed by atoms with Crippen molar-refractivity contribution in [3.8, 4) is 28.9 Å². The number of nitrogens with one attached hydrogen (secondary N) is 2. The zero-order valence-corrected chi connectivity index (χ0v) is 18.2. The van der Waals surface area contributed by atoms with Gasteiger partial charge in [0.25, 0.3) is 0 Å². The van der Waals surface area contributed by atoms with Crippen molar-refractivity contribution >= 4 is 26.7 Å². The summed E-state index contributed by atoms with van der Waals surface area (Å²) in [5, 5.41) is 13.1. The Labute approximate surface area is 184 Å². The minimum absolute atomic E-state index is 0.0550. The van der Waals surface area contributed by atoms with Crippen molar-refractivity contribution in [2.24, 2.45) is 0 Å². The third kappa shape index (κ3) is 5.41. The van der Waals surface area contributed by atoms with Gasteiger partial charge in [-0.15, -0.1) is 0 Å². The number of aromatic nitrogens is 2. The Bertz CT molecular complexity index is 1320. The van der Waals surface area contributed by atoms with E-state index in [9.17, 15) is 13.0 Å². The number of hydrogen-bond acceptors (Lipinski definition) is 7. The average Bonchev–Trinajstić information content (AvgIpc) is 2.74. The lowest BCUT2D eigenvalue weighted by atomic mass is 10.1. The summed E-state index contributed by atoms with van der Waals surface area (Å²) in [6, 6.07) is 8.57. The molecular formula is C21H19F2N5O3S. The third-order valence-corrected chi connectivity index (χ3v) is 5.41. The Morgan fingerprint density at radius 2 is 1.94 bits per heavy atom. The van der Waals surface area contributed by atoms with Crippen LogP contribution in [0.4, 0.5) is 20.4 Å². The maximum atomic E-state index is 14.5. The van der Waals surface area contributed by atoms with Gasteiger partial charge in [0.2, 0.25) is 5.95 Å². The Morgan fingerprint density at radius 3 is 2.62 bits per heavy atom. The number of nitriles is 1. The van der Waals surface area contributed by atoms with Crippen LogP contribution in [-0.4, -0.2) is 40.0 Å². The molecule has 0 bridgehead atoms. The standard InChI is InChI=1S/C21H19F2N5O3S/c1-30-16-7-13(11-32(3,29)26-12-24)6-15(9-16)27-21-25-10-18(23)20(28-21)17-5-4-14(22)8-19(17)31-2/h4-11H,1-3H3,(H,26,29)(H,25,27,28). The summed E-state index contributed by atoms with van der Waals surface area (Å²) < 4.78 is 53.0. The summed E-state index contributed by atoms with van der Waals surface area (Å²) in [7, 11) is 0.0565. The zero-order chi connectivity index (χ0) is 23.3. The number of hydrogen-bond donors (Lipinski definition) is 2. The van der Waals surface area contributed by atoms with Crippen molar-refractivity contribution < 1.29 is 22.5 Å². The molecule has 0 aliphatic rings. The van der Waals surface area contributed by atoms with Gasteiger partial charge in [-0.05, 0) is 29.8 Å². The maximum Gasteiger partial charge on any atom is 0.227 e. The van der Waals surface area contributed by atoms with E-state index in [0.717, 1.165) is 12.3 Å². The SMILES string of the molecule is COc1cc(C=S(C)(=O)NC#N)cc(Nc2ncc(F)c(-c3ccc(F)cc3OC)n2)c1. The summed E-state index contributed by atoms with van der Waals surface area (Å²) in [6.07, 6.45) is 4.02. The molecule has 1 heterocycles. The molecule has 166 valence electrons. The van der Waals surface area contributed by atoms with E-state index in [-0.39, 0.29) is 23.0 Å². The summed E-state index contributed by atoms with van der Waals surface area (Å²) in [6.45, 7) is 0. The maximum absolute atomic E-state index is 14.5. The molecule has 0 amide bonds. The van der Waals surface area contributed by atoms with Gasteiger partial charge in [-0.2, -0.15) is 5.26 Å². The van der Waals surface area contributed by atoms with Crippen molar-refractivity contribution in [2.45, 2.75) is 0 Å². The Hall–Kier alpha value is -3.91. The molecule has 0 fully saturated rings. The summed E-state index contributed by atoms with van der Waals surface area (Å²) >= 11 is 0. The van der Waals surface area contributed by atoms with Crippen molar-refractivity contribution in [1.29, 1.82) is 5.26 Å². The third-order valence-electron chi connectivity index (χ3n) is 4.19. The van der Waals surface area contributed by atoms with Crippen LogP contribution < -0.4 is 19.5 Å². The number of benzene rings is 2. The topological polar surface area (TPSA) is 109 Å². The van der Waals surface area contributed by atoms with Crippen LogP contribution in [0.3, 0.4) is 0 Å². The number of nitrogens with zero attached hydrogens (tertiary/aromatic N) is 3. The molecule has 1 atom stereocenters. The van der Waals surface area contributed by atoms with E-state index < -0.39 is 21.3 Å². The molecule has 0 saturated heterocycles. The number of anilines is 2. The molecule has 0 aliphatic carbocycles. The number of halogens is 2. The largest absolute Gasteiger partial charge is 0.497 e. The second-order valence-corrected chi connectivity index (χ2v) is 8.84. The molecule has 1 unspecified atom stereocenters. The number of rotatable bonds is 7. The van der Waals surface area contributed by atoms with Crippen molar-refractivity contribution in [1.82, 2.24) is 14.7 Å². The quantitative estimate of drug-likeness (QED) is 0.317. The first-order valence-corrected chi connectivity index (χ1v) is 11.1. The first kappa shape index (κ1) is 22.8. The van der Waals surface area contributed by atoms with E-state index in [2.05, 4.69) is 20.0 Å². The van der Waals surface area contributed by atoms with Gasteiger partial charge in [-0.1, -0.05) is 0 Å². The van der Waals surface area contributed by atoms with Crippen molar-refractivity contribution in [3.63, 3.8) is 0 Å². The monoisotopic (exact) mass is 459 g/mol. The lowest BCUT2D eigenvalue weighted by molar-refractivity contribution is 0.412. The molecule has 0 aliphatic heterocycles. The second-order valence-electron chi connectivity index (χ2n) is 6.59. The fourth-order valence-electron chi connectivity index (χ4n) is 2.87. The smallest absolute Gasteiger partial charge is 0.227 e. The highest BCUT2D eigenvalue weighted by Crippen LogP contribution is 2.32. The van der Waals surface area contributed by atoms with Crippen molar-refractivity contribution in [3.05, 3.63) is 59.8 Å². The first-order chi connectivity index (χ1) is 15.2. The molecule has 32 heavy (non-hydrogen) atoms. The van der Waals surface area contributed by atoms with E-state index in [1.807, 2.05) is 0 Å². The molecule has 3 rings (SSSR count). The van der Waals surface area contributed by atoms with Crippen LogP contribution in [0, 0.1) is 23.1 Å².